The number of halogens is 1. The quantitative estimate of drug-likeness (QED) is 0.890. The van der Waals surface area contributed by atoms with E-state index in [4.69, 9.17) is 16.3 Å². The van der Waals surface area contributed by atoms with Gasteiger partial charge in [0.1, 0.15) is 11.9 Å². The molecule has 2 nitrogen and oxygen atoms in total. The maximum atomic E-state index is 6.13. The van der Waals surface area contributed by atoms with Crippen molar-refractivity contribution in [3.05, 3.63) is 29.3 Å². The van der Waals surface area contributed by atoms with Gasteiger partial charge in [0.25, 0.3) is 0 Å². The minimum absolute atomic E-state index is 0.226. The molecule has 1 saturated carbocycles. The van der Waals surface area contributed by atoms with E-state index >= 15 is 0 Å². The molecule has 1 fully saturated rings. The number of nitrogens with one attached hydrogen (secondary N) is 1. The Morgan fingerprint density at radius 3 is 2.76 bits per heavy atom. The van der Waals surface area contributed by atoms with Gasteiger partial charge in [0.15, 0.2) is 0 Å². The third-order valence-corrected chi connectivity index (χ3v) is 3.85. The molecule has 17 heavy (non-hydrogen) atoms. The van der Waals surface area contributed by atoms with E-state index in [2.05, 4.69) is 12.2 Å². The van der Waals surface area contributed by atoms with Crippen LogP contribution in [0.1, 0.15) is 26.2 Å². The number of benzene rings is 1. The lowest BCUT2D eigenvalue weighted by Crippen LogP contribution is -2.45. The molecule has 1 aromatic carbocycles. The lowest BCUT2D eigenvalue weighted by Gasteiger charge is -2.35. The van der Waals surface area contributed by atoms with E-state index in [1.807, 2.05) is 31.3 Å². The van der Waals surface area contributed by atoms with Crippen LogP contribution in [0.3, 0.4) is 0 Å². The summed E-state index contributed by atoms with van der Waals surface area (Å²) in [7, 11) is 2.00. The fraction of sp³-hybridized carbons (Fsp3) is 0.571. The van der Waals surface area contributed by atoms with Crippen LogP contribution in [-0.2, 0) is 0 Å². The van der Waals surface area contributed by atoms with Crippen molar-refractivity contribution in [1.82, 2.24) is 5.32 Å². The smallest absolute Gasteiger partial charge is 0.138 e. The van der Waals surface area contributed by atoms with E-state index in [0.29, 0.717) is 11.1 Å². The molecule has 0 heterocycles. The first kappa shape index (κ1) is 12.7. The highest BCUT2D eigenvalue weighted by atomic mass is 35.5. The second-order valence-electron chi connectivity index (χ2n) is 4.90. The Kier molecular flexibility index (Phi) is 4.30. The van der Waals surface area contributed by atoms with Crippen LogP contribution < -0.4 is 10.1 Å². The van der Waals surface area contributed by atoms with E-state index in [9.17, 15) is 0 Å². The van der Waals surface area contributed by atoms with Crippen molar-refractivity contribution in [2.45, 2.75) is 38.3 Å². The number of hydrogen-bond donors (Lipinski definition) is 1. The first-order valence-corrected chi connectivity index (χ1v) is 6.67. The van der Waals surface area contributed by atoms with E-state index in [1.165, 1.54) is 12.8 Å². The standard InChI is InChI=1S/C14H20ClNO/c1-10-7-8-12(16-2)14(9-10)17-13-6-4-3-5-11(13)15/h3-6,10,12,14,16H,7-9H2,1-2H3. The number of hydrogen-bond acceptors (Lipinski definition) is 2. The minimum Gasteiger partial charge on any atom is -0.487 e. The van der Waals surface area contributed by atoms with Crippen molar-refractivity contribution >= 4 is 11.6 Å². The predicted octanol–water partition coefficient (Wildman–Crippen LogP) is 3.50. The summed E-state index contributed by atoms with van der Waals surface area (Å²) in [5, 5.41) is 4.04. The summed E-state index contributed by atoms with van der Waals surface area (Å²) in [6.07, 6.45) is 3.76. The maximum Gasteiger partial charge on any atom is 0.138 e. The van der Waals surface area contributed by atoms with Gasteiger partial charge in [-0.05, 0) is 44.4 Å². The summed E-state index contributed by atoms with van der Waals surface area (Å²) in [6.45, 7) is 2.29. The van der Waals surface area contributed by atoms with Gasteiger partial charge in [0, 0.05) is 6.04 Å². The summed E-state index contributed by atoms with van der Waals surface area (Å²) >= 11 is 6.13. The summed E-state index contributed by atoms with van der Waals surface area (Å²) in [6, 6.07) is 8.13. The van der Waals surface area contributed by atoms with Crippen LogP contribution in [0.5, 0.6) is 5.75 Å². The molecule has 0 amide bonds. The Morgan fingerprint density at radius 1 is 1.29 bits per heavy atom. The third-order valence-electron chi connectivity index (χ3n) is 3.54. The van der Waals surface area contributed by atoms with Crippen LogP contribution in [-0.4, -0.2) is 19.2 Å². The zero-order valence-electron chi connectivity index (χ0n) is 10.4. The van der Waals surface area contributed by atoms with Crippen molar-refractivity contribution in [2.75, 3.05) is 7.05 Å². The maximum absolute atomic E-state index is 6.13. The van der Waals surface area contributed by atoms with Crippen molar-refractivity contribution in [1.29, 1.82) is 0 Å². The van der Waals surface area contributed by atoms with Crippen LogP contribution in [0.25, 0.3) is 0 Å². The number of ether oxygens (including phenoxy) is 1. The van der Waals surface area contributed by atoms with Gasteiger partial charge in [-0.3, -0.25) is 0 Å². The molecule has 3 unspecified atom stereocenters. The average molecular weight is 254 g/mol. The van der Waals surface area contributed by atoms with E-state index in [1.54, 1.807) is 0 Å². The molecule has 3 heteroatoms. The molecule has 3 atom stereocenters. The van der Waals surface area contributed by atoms with Gasteiger partial charge in [-0.2, -0.15) is 0 Å². The van der Waals surface area contributed by atoms with Gasteiger partial charge in [-0.25, -0.2) is 0 Å². The molecule has 0 aromatic heterocycles. The van der Waals surface area contributed by atoms with Crippen molar-refractivity contribution in [2.24, 2.45) is 5.92 Å². The van der Waals surface area contributed by atoms with Gasteiger partial charge in [0.2, 0.25) is 0 Å². The van der Waals surface area contributed by atoms with Gasteiger partial charge >= 0.3 is 0 Å². The highest BCUT2D eigenvalue weighted by molar-refractivity contribution is 6.32. The van der Waals surface area contributed by atoms with Crippen molar-refractivity contribution in [3.8, 4) is 5.75 Å². The lowest BCUT2D eigenvalue weighted by molar-refractivity contribution is 0.0945. The van der Waals surface area contributed by atoms with Crippen LogP contribution in [0.4, 0.5) is 0 Å². The van der Waals surface area contributed by atoms with E-state index in [0.717, 1.165) is 18.1 Å². The molecule has 0 radical (unpaired) electrons. The summed E-state index contributed by atoms with van der Waals surface area (Å²) < 4.78 is 6.07. The van der Waals surface area contributed by atoms with Crippen molar-refractivity contribution < 1.29 is 4.74 Å². The summed E-state index contributed by atoms with van der Waals surface area (Å²) in [4.78, 5) is 0. The van der Waals surface area contributed by atoms with Crippen LogP contribution in [0.2, 0.25) is 5.02 Å². The Morgan fingerprint density at radius 2 is 2.06 bits per heavy atom. The van der Waals surface area contributed by atoms with Gasteiger partial charge in [-0.1, -0.05) is 30.7 Å². The summed E-state index contributed by atoms with van der Waals surface area (Å²) in [5.41, 5.74) is 0. The first-order chi connectivity index (χ1) is 8.20. The second kappa shape index (κ2) is 5.74. The third kappa shape index (κ3) is 3.14. The molecule has 1 N–H and O–H groups in total. The molecule has 2 rings (SSSR count). The Hall–Kier alpha value is -0.730. The second-order valence-corrected chi connectivity index (χ2v) is 5.31. The minimum atomic E-state index is 0.226. The molecule has 1 aromatic rings. The zero-order chi connectivity index (χ0) is 12.3. The van der Waals surface area contributed by atoms with Crippen LogP contribution in [0.15, 0.2) is 24.3 Å². The molecular formula is C14H20ClNO. The Bertz CT molecular complexity index is 369. The average Bonchev–Trinajstić information content (AvgIpc) is 2.32. The van der Waals surface area contributed by atoms with Gasteiger partial charge in [0.05, 0.1) is 5.02 Å². The molecule has 0 bridgehead atoms. The van der Waals surface area contributed by atoms with Gasteiger partial charge < -0.3 is 10.1 Å². The lowest BCUT2D eigenvalue weighted by atomic mass is 9.85. The first-order valence-electron chi connectivity index (χ1n) is 6.29. The zero-order valence-corrected chi connectivity index (χ0v) is 11.2. The Labute approximate surface area is 108 Å². The van der Waals surface area contributed by atoms with E-state index < -0.39 is 0 Å². The van der Waals surface area contributed by atoms with Crippen LogP contribution >= 0.6 is 11.6 Å². The monoisotopic (exact) mass is 253 g/mol. The molecule has 1 aliphatic rings. The topological polar surface area (TPSA) is 21.3 Å². The highest BCUT2D eigenvalue weighted by Gasteiger charge is 2.29. The molecule has 1 aliphatic carbocycles. The number of likely N-dealkylation sites (N-methyl/N-ethyl adjacent to an activating group) is 1. The normalized spacial score (nSPS) is 29.0. The van der Waals surface area contributed by atoms with Gasteiger partial charge in [-0.15, -0.1) is 0 Å². The SMILES string of the molecule is CNC1CCC(C)CC1Oc1ccccc1Cl. The van der Waals surface area contributed by atoms with Crippen molar-refractivity contribution in [3.63, 3.8) is 0 Å². The largest absolute Gasteiger partial charge is 0.487 e. The number of para-hydroxylation sites is 1. The molecule has 0 aliphatic heterocycles. The fourth-order valence-electron chi connectivity index (χ4n) is 2.49. The molecule has 94 valence electrons. The van der Waals surface area contributed by atoms with E-state index in [-0.39, 0.29) is 6.10 Å². The Balaban J connectivity index is 2.07. The highest BCUT2D eigenvalue weighted by Crippen LogP contribution is 2.30. The number of rotatable bonds is 3. The van der Waals surface area contributed by atoms with Crippen LogP contribution in [0, 0.1) is 5.92 Å². The molecule has 0 spiro atoms. The summed E-state index contributed by atoms with van der Waals surface area (Å²) in [5.74, 6) is 1.53. The predicted molar refractivity (Wildman–Crippen MR) is 71.7 cm³/mol. The molecule has 0 saturated heterocycles. The fourth-order valence-corrected chi connectivity index (χ4v) is 2.67. The molecular weight excluding hydrogens is 234 g/mol.